The Morgan fingerprint density at radius 2 is 1.13 bits per heavy atom. The van der Waals surface area contributed by atoms with Gasteiger partial charge in [0.15, 0.2) is 11.5 Å². The molecular formula is C28H25Br2Cl5N2O6S2. The van der Waals surface area contributed by atoms with Crippen molar-refractivity contribution >= 4 is 119 Å². The number of hydrogen-bond acceptors (Lipinski definition) is 7. The Hall–Kier alpha value is -1.61. The van der Waals surface area contributed by atoms with Gasteiger partial charge < -0.3 is 15.5 Å². The summed E-state index contributed by atoms with van der Waals surface area (Å²) in [5.41, 5.74) is 1.56. The molecule has 4 aromatic carbocycles. The third-order valence-electron chi connectivity index (χ3n) is 5.44. The van der Waals surface area contributed by atoms with Crippen LogP contribution in [-0.2, 0) is 19.1 Å². The molecule has 0 spiro atoms. The van der Waals surface area contributed by atoms with Crippen LogP contribution in [-0.4, -0.2) is 40.1 Å². The standard InChI is InChI=1S/C14H12BrCl2NO3S.C8H10ClN.C6H3BrCl2O3S/c1-2-18(11-5-3-10(16)4-6-11)22(20,21)13-8-9(15)7-12(17)14(13)19;1-2-10-8-5-3-7(9)4-6-8;7-3-1-4(8)6(10)5(2-3)13(9,11)12/h3-8,19H,2H2,1H3;3-6,10H,2H2,1H3;1-2,10H. The third-order valence-corrected chi connectivity index (χ3v) is 10.7. The summed E-state index contributed by atoms with van der Waals surface area (Å²) in [6.07, 6.45) is 0. The maximum Gasteiger partial charge on any atom is 0.268 e. The number of halogens is 7. The van der Waals surface area contributed by atoms with Crippen LogP contribution in [0.4, 0.5) is 11.4 Å². The highest BCUT2D eigenvalue weighted by molar-refractivity contribution is 9.10. The molecule has 0 aromatic heterocycles. The van der Waals surface area contributed by atoms with Gasteiger partial charge in [0, 0.05) is 48.4 Å². The minimum absolute atomic E-state index is 0.0416. The van der Waals surface area contributed by atoms with Crippen LogP contribution >= 0.6 is 88.9 Å². The Kier molecular flexibility index (Phi) is 15.4. The van der Waals surface area contributed by atoms with E-state index in [-0.39, 0.29) is 21.5 Å². The fourth-order valence-corrected chi connectivity index (χ4v) is 8.31. The SMILES string of the molecule is CCN(c1ccc(Cl)cc1)S(=O)(=O)c1cc(Br)cc(Cl)c1O.CCNc1ccc(Cl)cc1.O=S(=O)(Cl)c1cc(Br)cc(Cl)c1O. The summed E-state index contributed by atoms with van der Waals surface area (Å²) < 4.78 is 49.5. The van der Waals surface area contributed by atoms with Gasteiger partial charge in [-0.3, -0.25) is 4.31 Å². The van der Waals surface area contributed by atoms with E-state index in [1.54, 1.807) is 31.2 Å². The Bertz CT molecular complexity index is 1830. The zero-order chi connectivity index (χ0) is 34.1. The van der Waals surface area contributed by atoms with Crippen molar-refractivity contribution in [3.63, 3.8) is 0 Å². The largest absolute Gasteiger partial charge is 0.505 e. The molecule has 8 nitrogen and oxygen atoms in total. The van der Waals surface area contributed by atoms with Gasteiger partial charge in [0.1, 0.15) is 9.79 Å². The lowest BCUT2D eigenvalue weighted by Gasteiger charge is -2.23. The van der Waals surface area contributed by atoms with Crippen molar-refractivity contribution < 1.29 is 27.0 Å². The monoisotopic (exact) mass is 882 g/mol. The van der Waals surface area contributed by atoms with Crippen LogP contribution in [0.2, 0.25) is 20.1 Å². The van der Waals surface area contributed by atoms with Gasteiger partial charge in [-0.25, -0.2) is 16.8 Å². The first-order chi connectivity index (χ1) is 20.9. The fourth-order valence-electron chi connectivity index (χ4n) is 3.46. The number of hydrogen-bond donors (Lipinski definition) is 3. The summed E-state index contributed by atoms with van der Waals surface area (Å²) in [6.45, 7) is 4.90. The normalized spacial score (nSPS) is 11.0. The topological polar surface area (TPSA) is 124 Å². The molecule has 0 saturated carbocycles. The smallest absolute Gasteiger partial charge is 0.268 e. The number of benzene rings is 4. The van der Waals surface area contributed by atoms with E-state index in [1.807, 2.05) is 24.3 Å². The molecule has 4 rings (SSSR count). The Morgan fingerprint density at radius 3 is 1.56 bits per heavy atom. The molecule has 3 N–H and O–H groups in total. The molecule has 0 aliphatic heterocycles. The highest BCUT2D eigenvalue weighted by Crippen LogP contribution is 2.38. The van der Waals surface area contributed by atoms with Gasteiger partial charge in [0.2, 0.25) is 0 Å². The summed E-state index contributed by atoms with van der Waals surface area (Å²) >= 11 is 29.1. The van der Waals surface area contributed by atoms with Gasteiger partial charge in [0.05, 0.1) is 15.7 Å². The lowest BCUT2D eigenvalue weighted by molar-refractivity contribution is 0.458. The molecule has 0 saturated heterocycles. The van der Waals surface area contributed by atoms with Crippen molar-refractivity contribution in [3.05, 3.63) is 102 Å². The second-order valence-corrected chi connectivity index (χ2v) is 16.5. The fraction of sp³-hybridized carbons (Fsp3) is 0.143. The average Bonchev–Trinajstić information content (AvgIpc) is 2.95. The maximum absolute atomic E-state index is 12.8. The van der Waals surface area contributed by atoms with Crippen LogP contribution in [0.1, 0.15) is 13.8 Å². The lowest BCUT2D eigenvalue weighted by atomic mass is 10.3. The van der Waals surface area contributed by atoms with Gasteiger partial charge in [-0.05, 0) is 86.6 Å². The van der Waals surface area contributed by atoms with Gasteiger partial charge in [-0.2, -0.15) is 0 Å². The molecule has 17 heteroatoms. The van der Waals surface area contributed by atoms with Gasteiger partial charge >= 0.3 is 0 Å². The molecule has 0 bridgehead atoms. The van der Waals surface area contributed by atoms with E-state index in [2.05, 4.69) is 44.1 Å². The molecule has 4 aromatic rings. The molecule has 244 valence electrons. The first kappa shape index (κ1) is 39.6. The summed E-state index contributed by atoms with van der Waals surface area (Å²) in [7, 11) is -2.90. The zero-order valence-electron chi connectivity index (χ0n) is 23.3. The molecule has 0 aliphatic rings. The highest BCUT2D eigenvalue weighted by Gasteiger charge is 2.28. The second-order valence-electron chi connectivity index (χ2n) is 8.59. The number of nitrogens with zero attached hydrogens (tertiary/aromatic N) is 1. The van der Waals surface area contributed by atoms with Crippen molar-refractivity contribution in [1.29, 1.82) is 0 Å². The molecule has 0 radical (unpaired) electrons. The molecule has 0 fully saturated rings. The minimum atomic E-state index is -3.97. The second kappa shape index (κ2) is 17.5. The lowest BCUT2D eigenvalue weighted by Crippen LogP contribution is -2.30. The molecule has 0 amide bonds. The van der Waals surface area contributed by atoms with E-state index >= 15 is 0 Å². The van der Waals surface area contributed by atoms with Crippen LogP contribution in [0.5, 0.6) is 11.5 Å². The molecule has 0 unspecified atom stereocenters. The van der Waals surface area contributed by atoms with Crippen molar-refractivity contribution in [1.82, 2.24) is 0 Å². The number of phenols is 2. The predicted octanol–water partition coefficient (Wildman–Crippen LogP) is 10.2. The summed E-state index contributed by atoms with van der Waals surface area (Å²) in [4.78, 5) is -0.669. The Balaban J connectivity index is 0.000000259. The van der Waals surface area contributed by atoms with Crippen LogP contribution in [0.3, 0.4) is 0 Å². The van der Waals surface area contributed by atoms with Crippen LogP contribution in [0, 0.1) is 0 Å². The van der Waals surface area contributed by atoms with E-state index in [4.69, 9.17) is 57.1 Å². The maximum atomic E-state index is 12.8. The summed E-state index contributed by atoms with van der Waals surface area (Å²) in [6, 6.07) is 19.3. The van der Waals surface area contributed by atoms with E-state index in [0.717, 1.165) is 17.3 Å². The Labute approximate surface area is 303 Å². The number of nitrogens with one attached hydrogen (secondary N) is 1. The van der Waals surface area contributed by atoms with Gasteiger partial charge in [-0.15, -0.1) is 0 Å². The molecule has 0 heterocycles. The van der Waals surface area contributed by atoms with Crippen LogP contribution in [0.25, 0.3) is 0 Å². The van der Waals surface area contributed by atoms with Crippen molar-refractivity contribution in [2.45, 2.75) is 23.6 Å². The zero-order valence-corrected chi connectivity index (χ0v) is 31.9. The summed E-state index contributed by atoms with van der Waals surface area (Å²) in [5, 5.41) is 23.6. The average molecular weight is 887 g/mol. The first-order valence-electron chi connectivity index (χ1n) is 12.5. The predicted molar refractivity (Wildman–Crippen MR) is 192 cm³/mol. The van der Waals surface area contributed by atoms with Gasteiger partial charge in [-0.1, -0.05) is 78.3 Å². The number of sulfonamides is 1. The van der Waals surface area contributed by atoms with Crippen molar-refractivity contribution in [2.24, 2.45) is 0 Å². The van der Waals surface area contributed by atoms with Crippen LogP contribution in [0.15, 0.2) is 91.5 Å². The molecular weight excluding hydrogens is 862 g/mol. The summed E-state index contributed by atoms with van der Waals surface area (Å²) in [5.74, 6) is -1.02. The molecule has 0 atom stereocenters. The number of rotatable bonds is 7. The Morgan fingerprint density at radius 1 is 0.711 bits per heavy atom. The number of aromatic hydroxyl groups is 2. The molecule has 45 heavy (non-hydrogen) atoms. The molecule has 0 aliphatic carbocycles. The van der Waals surface area contributed by atoms with E-state index in [9.17, 15) is 27.0 Å². The van der Waals surface area contributed by atoms with Crippen LogP contribution < -0.4 is 9.62 Å². The highest BCUT2D eigenvalue weighted by atomic mass is 79.9. The first-order valence-corrected chi connectivity index (χ1v) is 19.3. The van der Waals surface area contributed by atoms with Crippen molar-refractivity contribution in [2.75, 3.05) is 22.7 Å². The van der Waals surface area contributed by atoms with Crippen molar-refractivity contribution in [3.8, 4) is 11.5 Å². The third kappa shape index (κ3) is 11.5. The minimum Gasteiger partial charge on any atom is -0.505 e. The van der Waals surface area contributed by atoms with E-state index in [1.165, 1.54) is 28.6 Å². The van der Waals surface area contributed by atoms with E-state index in [0.29, 0.717) is 19.7 Å². The number of anilines is 2. The van der Waals surface area contributed by atoms with Gasteiger partial charge in [0.25, 0.3) is 19.1 Å². The van der Waals surface area contributed by atoms with E-state index < -0.39 is 35.5 Å². The number of phenolic OH excluding ortho intramolecular Hbond substituents is 2. The quantitative estimate of drug-likeness (QED) is 0.158.